The molecule has 0 bridgehead atoms. The zero-order valence-corrected chi connectivity index (χ0v) is 20.6. The molecule has 174 valence electrons. The van der Waals surface area contributed by atoms with Gasteiger partial charge in [-0.3, -0.25) is 9.69 Å². The first-order chi connectivity index (χ1) is 16.5. The second-order valence-electron chi connectivity index (χ2n) is 8.19. The molecule has 2 heterocycles. The molecular weight excluding hydrogens is 498 g/mol. The molecule has 0 spiro atoms. The molecule has 0 unspecified atom stereocenters. The molecule has 1 aliphatic rings. The molecule has 7 heteroatoms. The lowest BCUT2D eigenvalue weighted by molar-refractivity contribution is 0.0967. The van der Waals surface area contributed by atoms with Crippen LogP contribution in [0.15, 0.2) is 74.3 Å². The zero-order chi connectivity index (χ0) is 23.7. The summed E-state index contributed by atoms with van der Waals surface area (Å²) in [6, 6.07) is 19.1. The average molecular weight is 522 g/mol. The second-order valence-corrected chi connectivity index (χ2v) is 9.05. The van der Waals surface area contributed by atoms with Gasteiger partial charge >= 0.3 is 0 Å². The molecule has 4 aromatic rings. The molecule has 0 fully saturated rings. The molecule has 0 radical (unpaired) electrons. The van der Waals surface area contributed by atoms with Gasteiger partial charge in [-0.05, 0) is 71.2 Å². The molecule has 34 heavy (non-hydrogen) atoms. The third kappa shape index (κ3) is 4.41. The van der Waals surface area contributed by atoms with E-state index >= 15 is 0 Å². The van der Waals surface area contributed by atoms with E-state index in [2.05, 4.69) is 33.0 Å². The van der Waals surface area contributed by atoms with Crippen molar-refractivity contribution in [3.8, 4) is 23.0 Å². The van der Waals surface area contributed by atoms with E-state index in [0.29, 0.717) is 35.8 Å². The number of para-hydroxylation sites is 1. The molecule has 0 N–H and O–H groups in total. The van der Waals surface area contributed by atoms with Crippen LogP contribution in [0.5, 0.6) is 23.0 Å². The normalized spacial score (nSPS) is 13.4. The first-order valence-electron chi connectivity index (χ1n) is 11.0. The Labute approximate surface area is 205 Å². The fourth-order valence-electron chi connectivity index (χ4n) is 4.08. The highest BCUT2D eigenvalue weighted by atomic mass is 79.9. The molecule has 0 amide bonds. The van der Waals surface area contributed by atoms with Crippen LogP contribution in [-0.2, 0) is 13.0 Å². The van der Waals surface area contributed by atoms with Gasteiger partial charge in [0, 0.05) is 13.1 Å². The van der Waals surface area contributed by atoms with Gasteiger partial charge in [0.15, 0.2) is 0 Å². The summed E-state index contributed by atoms with van der Waals surface area (Å²) in [5, 5.41) is 0.479. The predicted octanol–water partition coefficient (Wildman–Crippen LogP) is 6.06. The van der Waals surface area contributed by atoms with Gasteiger partial charge in [-0.25, -0.2) is 0 Å². The van der Waals surface area contributed by atoms with E-state index in [9.17, 15) is 4.79 Å². The smallest absolute Gasteiger partial charge is 0.235 e. The number of halogens is 1. The van der Waals surface area contributed by atoms with Crippen molar-refractivity contribution in [3.05, 3.63) is 92.2 Å². The van der Waals surface area contributed by atoms with Crippen molar-refractivity contribution < 1.29 is 18.6 Å². The van der Waals surface area contributed by atoms with E-state index in [-0.39, 0.29) is 11.2 Å². The number of rotatable bonds is 6. The van der Waals surface area contributed by atoms with Gasteiger partial charge < -0.3 is 18.6 Å². The summed E-state index contributed by atoms with van der Waals surface area (Å²) in [5.41, 5.74) is 2.45. The second kappa shape index (κ2) is 9.52. The molecule has 6 nitrogen and oxygen atoms in total. The minimum Gasteiger partial charge on any atom is -0.497 e. The Hall–Kier alpha value is -3.29. The van der Waals surface area contributed by atoms with E-state index in [4.69, 9.17) is 18.6 Å². The van der Waals surface area contributed by atoms with Gasteiger partial charge in [0.25, 0.3) is 0 Å². The Bertz CT molecular complexity index is 1400. The maximum atomic E-state index is 13.3. The van der Waals surface area contributed by atoms with Crippen molar-refractivity contribution in [2.75, 3.05) is 20.4 Å². The van der Waals surface area contributed by atoms with E-state index in [1.54, 1.807) is 26.2 Å². The summed E-state index contributed by atoms with van der Waals surface area (Å²) in [5.74, 6) is 2.77. The van der Waals surface area contributed by atoms with Crippen molar-refractivity contribution in [3.63, 3.8) is 0 Å². The predicted molar refractivity (Wildman–Crippen MR) is 134 cm³/mol. The van der Waals surface area contributed by atoms with Crippen LogP contribution >= 0.6 is 15.9 Å². The minimum atomic E-state index is -0.201. The number of ether oxygens (including phenoxy) is 3. The summed E-state index contributed by atoms with van der Waals surface area (Å²) in [6.07, 6.45) is 0.875. The molecule has 5 rings (SSSR count). The fraction of sp³-hybridized carbons (Fsp3) is 0.222. The van der Waals surface area contributed by atoms with E-state index in [1.807, 2.05) is 36.4 Å². The Balaban J connectivity index is 1.41. The number of hydrogen-bond acceptors (Lipinski definition) is 6. The molecule has 3 aromatic carbocycles. The van der Waals surface area contributed by atoms with Crippen molar-refractivity contribution in [2.24, 2.45) is 0 Å². The van der Waals surface area contributed by atoms with Crippen LogP contribution in [0.4, 0.5) is 0 Å². The summed E-state index contributed by atoms with van der Waals surface area (Å²) in [4.78, 5) is 15.5. The van der Waals surface area contributed by atoms with Gasteiger partial charge in [-0.15, -0.1) is 0 Å². The topological polar surface area (TPSA) is 61.1 Å². The van der Waals surface area contributed by atoms with E-state index in [1.165, 1.54) is 5.56 Å². The Morgan fingerprint density at radius 3 is 2.62 bits per heavy atom. The Morgan fingerprint density at radius 1 is 1.06 bits per heavy atom. The van der Waals surface area contributed by atoms with Crippen LogP contribution in [0, 0.1) is 6.92 Å². The molecule has 0 atom stereocenters. The summed E-state index contributed by atoms with van der Waals surface area (Å²) in [7, 11) is 1.66. The number of benzene rings is 3. The van der Waals surface area contributed by atoms with Crippen LogP contribution in [0.3, 0.4) is 0 Å². The largest absolute Gasteiger partial charge is 0.497 e. The summed E-state index contributed by atoms with van der Waals surface area (Å²) in [6.45, 7) is 3.68. The first-order valence-corrected chi connectivity index (χ1v) is 11.8. The summed E-state index contributed by atoms with van der Waals surface area (Å²) < 4.78 is 24.1. The van der Waals surface area contributed by atoms with E-state index in [0.717, 1.165) is 34.5 Å². The van der Waals surface area contributed by atoms with Crippen molar-refractivity contribution in [1.29, 1.82) is 0 Å². The van der Waals surface area contributed by atoms with Gasteiger partial charge in [0.1, 0.15) is 35.3 Å². The molecule has 1 aliphatic heterocycles. The minimum absolute atomic E-state index is 0.187. The fourth-order valence-corrected chi connectivity index (χ4v) is 4.45. The highest BCUT2D eigenvalue weighted by Gasteiger charge is 2.24. The first kappa shape index (κ1) is 22.5. The molecular formula is C27H24BrNO5. The highest BCUT2D eigenvalue weighted by molar-refractivity contribution is 9.10. The average Bonchev–Trinajstić information content (AvgIpc) is 2.86. The van der Waals surface area contributed by atoms with Crippen molar-refractivity contribution in [2.45, 2.75) is 19.9 Å². The lowest BCUT2D eigenvalue weighted by atomic mass is 10.1. The highest BCUT2D eigenvalue weighted by Crippen LogP contribution is 2.35. The number of nitrogens with zero attached hydrogens (tertiary/aromatic N) is 1. The third-order valence-corrected chi connectivity index (χ3v) is 6.61. The molecule has 1 aromatic heterocycles. The van der Waals surface area contributed by atoms with Gasteiger partial charge in [-0.2, -0.15) is 0 Å². The van der Waals surface area contributed by atoms with Gasteiger partial charge in [-0.1, -0.05) is 24.3 Å². The Kier molecular flexibility index (Phi) is 6.30. The van der Waals surface area contributed by atoms with Crippen LogP contribution in [0.2, 0.25) is 0 Å². The monoisotopic (exact) mass is 521 g/mol. The maximum absolute atomic E-state index is 13.3. The quantitative estimate of drug-likeness (QED) is 0.307. The van der Waals surface area contributed by atoms with Crippen LogP contribution < -0.4 is 19.6 Å². The summed E-state index contributed by atoms with van der Waals surface area (Å²) >= 11 is 3.46. The molecule has 0 aliphatic carbocycles. The Morgan fingerprint density at radius 2 is 1.85 bits per heavy atom. The number of fused-ring (bicyclic) bond motifs is 3. The maximum Gasteiger partial charge on any atom is 0.235 e. The number of aryl methyl sites for hydroxylation is 1. The van der Waals surface area contributed by atoms with Gasteiger partial charge in [0.05, 0.1) is 22.5 Å². The number of methoxy groups -OCH3 is 1. The molecule has 0 saturated heterocycles. The zero-order valence-electron chi connectivity index (χ0n) is 19.0. The SMILES string of the molecule is COc1ccc(CCN2COc3ccc4c(=O)c(Oc5ccccc5Br)c(C)oc4c3C2)cc1. The van der Waals surface area contributed by atoms with E-state index < -0.39 is 0 Å². The standard InChI is InChI=1S/C27H24BrNO5/c1-17-26(34-24-6-4-3-5-22(24)28)25(30)20-11-12-23-21(27(20)33-17)15-29(16-32-23)14-13-18-7-9-19(31-2)10-8-18/h3-12H,13-16H2,1-2H3. The molecule has 0 saturated carbocycles. The van der Waals surface area contributed by atoms with Crippen molar-refractivity contribution in [1.82, 2.24) is 4.90 Å². The third-order valence-electron chi connectivity index (χ3n) is 5.95. The van der Waals surface area contributed by atoms with Crippen molar-refractivity contribution >= 4 is 26.9 Å². The lowest BCUT2D eigenvalue weighted by Crippen LogP contribution is -2.33. The van der Waals surface area contributed by atoms with Crippen LogP contribution in [0.1, 0.15) is 16.9 Å². The van der Waals surface area contributed by atoms with Crippen LogP contribution in [-0.4, -0.2) is 25.3 Å². The lowest BCUT2D eigenvalue weighted by Gasteiger charge is -2.29. The number of hydrogen-bond donors (Lipinski definition) is 0. The van der Waals surface area contributed by atoms with Crippen LogP contribution in [0.25, 0.3) is 11.0 Å². The van der Waals surface area contributed by atoms with Gasteiger partial charge in [0.2, 0.25) is 11.2 Å².